The van der Waals surface area contributed by atoms with Gasteiger partial charge in [-0.15, -0.1) is 0 Å². The molecule has 2 nitrogen and oxygen atoms in total. The zero-order valence-electron chi connectivity index (χ0n) is 9.26. The lowest BCUT2D eigenvalue weighted by Gasteiger charge is -2.05. The second-order valence-corrected chi connectivity index (χ2v) is 3.59. The molecule has 0 radical (unpaired) electrons. The van der Waals surface area contributed by atoms with Crippen molar-refractivity contribution < 1.29 is 4.79 Å². The monoisotopic (exact) mass is 221 g/mol. The number of hydrogen-bond donors (Lipinski definition) is 0. The summed E-state index contributed by atoms with van der Waals surface area (Å²) in [7, 11) is 0. The third kappa shape index (κ3) is 2.57. The predicted octanol–water partition coefficient (Wildman–Crippen LogP) is 3.72. The number of rotatable bonds is 3. The molecule has 0 bridgehead atoms. The molecule has 0 amide bonds. The highest BCUT2D eigenvalue weighted by Crippen LogP contribution is 2.23. The third-order valence-corrected chi connectivity index (χ3v) is 2.51. The topological polar surface area (TPSA) is 29.4 Å². The average Bonchev–Trinajstić information content (AvgIpc) is 2.40. The first-order valence-electron chi connectivity index (χ1n) is 5.24. The molecule has 0 heterocycles. The average molecular weight is 221 g/mol. The lowest BCUT2D eigenvalue weighted by Crippen LogP contribution is -1.84. The van der Waals surface area contributed by atoms with Crippen LogP contribution in [0, 0.1) is 0 Å². The van der Waals surface area contributed by atoms with E-state index in [0.717, 1.165) is 16.7 Å². The highest BCUT2D eigenvalue weighted by atomic mass is 16.1. The van der Waals surface area contributed by atoms with Gasteiger partial charge in [0.25, 0.3) is 0 Å². The number of carbonyl (C=O) groups excluding carboxylic acids is 1. The van der Waals surface area contributed by atoms with Crippen LogP contribution in [-0.4, -0.2) is 6.08 Å². The lowest BCUT2D eigenvalue weighted by atomic mass is 10.00. The zero-order chi connectivity index (χ0) is 12.1. The smallest absolute Gasteiger partial charge is 0.211 e. The van der Waals surface area contributed by atoms with Crippen molar-refractivity contribution in [2.24, 2.45) is 4.99 Å². The first-order valence-corrected chi connectivity index (χ1v) is 5.24. The van der Waals surface area contributed by atoms with Crippen LogP contribution in [0.3, 0.4) is 0 Å². The second-order valence-electron chi connectivity index (χ2n) is 3.59. The van der Waals surface area contributed by atoms with Crippen molar-refractivity contribution in [2.45, 2.75) is 0 Å². The Kier molecular flexibility index (Phi) is 3.29. The van der Waals surface area contributed by atoms with Gasteiger partial charge in [0.15, 0.2) is 0 Å². The Morgan fingerprint density at radius 2 is 1.53 bits per heavy atom. The Morgan fingerprint density at radius 1 is 0.941 bits per heavy atom. The van der Waals surface area contributed by atoms with E-state index in [2.05, 4.69) is 11.6 Å². The Bertz CT molecular complexity index is 564. The van der Waals surface area contributed by atoms with Crippen molar-refractivity contribution in [1.29, 1.82) is 0 Å². The van der Waals surface area contributed by atoms with Crippen LogP contribution in [0.25, 0.3) is 5.57 Å². The molecular formula is C15H11NO. The van der Waals surface area contributed by atoms with Gasteiger partial charge in [0.05, 0.1) is 5.69 Å². The molecule has 2 heteroatoms. The summed E-state index contributed by atoms with van der Waals surface area (Å²) in [6.07, 6.45) is 1.52. The van der Waals surface area contributed by atoms with Gasteiger partial charge < -0.3 is 0 Å². The number of benzene rings is 2. The fourth-order valence-electron chi connectivity index (χ4n) is 1.60. The minimum Gasteiger partial charge on any atom is -0.211 e. The van der Waals surface area contributed by atoms with Gasteiger partial charge in [0, 0.05) is 0 Å². The van der Waals surface area contributed by atoms with Crippen LogP contribution in [-0.2, 0) is 4.79 Å². The normalized spacial score (nSPS) is 9.41. The Hall–Kier alpha value is -2.44. The number of nitrogens with zero attached hydrogens (tertiary/aromatic N) is 1. The van der Waals surface area contributed by atoms with Crippen LogP contribution < -0.4 is 0 Å². The molecular weight excluding hydrogens is 210 g/mol. The summed E-state index contributed by atoms with van der Waals surface area (Å²) in [6, 6.07) is 17.3. The maximum absolute atomic E-state index is 10.1. The summed E-state index contributed by atoms with van der Waals surface area (Å²) < 4.78 is 0. The highest BCUT2D eigenvalue weighted by molar-refractivity contribution is 5.78. The van der Waals surface area contributed by atoms with E-state index < -0.39 is 0 Å². The molecule has 2 aromatic rings. The fraction of sp³-hybridized carbons (Fsp3) is 0. The first kappa shape index (κ1) is 11.1. The fourth-order valence-corrected chi connectivity index (χ4v) is 1.60. The first-order chi connectivity index (χ1) is 8.31. The molecule has 0 saturated heterocycles. The van der Waals surface area contributed by atoms with E-state index in [-0.39, 0.29) is 0 Å². The molecule has 0 aliphatic rings. The van der Waals surface area contributed by atoms with Gasteiger partial charge >= 0.3 is 0 Å². The molecule has 0 saturated carbocycles. The molecule has 2 aromatic carbocycles. The molecule has 2 rings (SSSR count). The summed E-state index contributed by atoms with van der Waals surface area (Å²) in [6.45, 7) is 4.06. The van der Waals surface area contributed by atoms with E-state index in [0.29, 0.717) is 5.69 Å². The molecule has 0 atom stereocenters. The van der Waals surface area contributed by atoms with E-state index in [9.17, 15) is 4.79 Å². The molecule has 0 spiro atoms. The third-order valence-electron chi connectivity index (χ3n) is 2.51. The van der Waals surface area contributed by atoms with E-state index >= 15 is 0 Å². The van der Waals surface area contributed by atoms with Crippen LogP contribution >= 0.6 is 0 Å². The number of hydrogen-bond acceptors (Lipinski definition) is 2. The van der Waals surface area contributed by atoms with Crippen molar-refractivity contribution >= 4 is 17.3 Å². The predicted molar refractivity (Wildman–Crippen MR) is 68.8 cm³/mol. The van der Waals surface area contributed by atoms with Crippen molar-refractivity contribution in [3.63, 3.8) is 0 Å². The van der Waals surface area contributed by atoms with Gasteiger partial charge in [0.2, 0.25) is 6.08 Å². The summed E-state index contributed by atoms with van der Waals surface area (Å²) in [5, 5.41) is 0. The van der Waals surface area contributed by atoms with Gasteiger partial charge in [-0.25, -0.2) is 4.79 Å². The Balaban J connectivity index is 2.29. The van der Waals surface area contributed by atoms with E-state index in [1.165, 1.54) is 6.08 Å². The van der Waals surface area contributed by atoms with Crippen molar-refractivity contribution in [2.75, 3.05) is 0 Å². The molecule has 17 heavy (non-hydrogen) atoms. The molecule has 82 valence electrons. The number of aliphatic imine (C=N–C) groups is 1. The van der Waals surface area contributed by atoms with Crippen molar-refractivity contribution in [1.82, 2.24) is 0 Å². The largest absolute Gasteiger partial charge is 0.240 e. The molecule has 0 N–H and O–H groups in total. The molecule has 0 aliphatic heterocycles. The minimum atomic E-state index is 0.601. The quantitative estimate of drug-likeness (QED) is 0.573. The van der Waals surface area contributed by atoms with Gasteiger partial charge in [-0.2, -0.15) is 4.99 Å². The summed E-state index contributed by atoms with van der Waals surface area (Å²) in [5.74, 6) is 0. The van der Waals surface area contributed by atoms with Crippen LogP contribution in [0.1, 0.15) is 11.1 Å². The van der Waals surface area contributed by atoms with E-state index in [1.54, 1.807) is 12.1 Å². The summed E-state index contributed by atoms with van der Waals surface area (Å²) in [5.41, 5.74) is 3.65. The van der Waals surface area contributed by atoms with Gasteiger partial charge in [-0.05, 0) is 28.8 Å². The second kappa shape index (κ2) is 5.06. The van der Waals surface area contributed by atoms with Crippen LogP contribution in [0.5, 0.6) is 0 Å². The Labute approximate surface area is 100.0 Å². The molecule has 0 aromatic heterocycles. The van der Waals surface area contributed by atoms with E-state index in [1.807, 2.05) is 42.5 Å². The molecule has 0 fully saturated rings. The van der Waals surface area contributed by atoms with Crippen molar-refractivity contribution in [3.05, 3.63) is 72.3 Å². The van der Waals surface area contributed by atoms with Gasteiger partial charge in [-0.1, -0.05) is 49.0 Å². The SMILES string of the molecule is C=C(c1ccccc1)c1ccc(N=C=O)cc1. The van der Waals surface area contributed by atoms with Crippen LogP contribution in [0.2, 0.25) is 0 Å². The lowest BCUT2D eigenvalue weighted by molar-refractivity contribution is 0.565. The summed E-state index contributed by atoms with van der Waals surface area (Å²) in [4.78, 5) is 13.6. The molecule has 0 aliphatic carbocycles. The maximum atomic E-state index is 10.1. The molecule has 0 unspecified atom stereocenters. The van der Waals surface area contributed by atoms with Crippen molar-refractivity contribution in [3.8, 4) is 0 Å². The van der Waals surface area contributed by atoms with Gasteiger partial charge in [0.1, 0.15) is 0 Å². The van der Waals surface area contributed by atoms with E-state index in [4.69, 9.17) is 0 Å². The standard InChI is InChI=1S/C15H11NO/c1-12(13-5-3-2-4-6-13)14-7-9-15(10-8-14)16-11-17/h2-10H,1H2. The number of isocyanates is 1. The maximum Gasteiger partial charge on any atom is 0.240 e. The van der Waals surface area contributed by atoms with Gasteiger partial charge in [-0.3, -0.25) is 0 Å². The highest BCUT2D eigenvalue weighted by Gasteiger charge is 2.01. The van der Waals surface area contributed by atoms with Crippen LogP contribution in [0.4, 0.5) is 5.69 Å². The van der Waals surface area contributed by atoms with Crippen LogP contribution in [0.15, 0.2) is 66.2 Å². The Morgan fingerprint density at radius 3 is 2.12 bits per heavy atom. The zero-order valence-corrected chi connectivity index (χ0v) is 9.26. The summed E-state index contributed by atoms with van der Waals surface area (Å²) >= 11 is 0. The minimum absolute atomic E-state index is 0.601.